The van der Waals surface area contributed by atoms with E-state index >= 15 is 0 Å². The molecule has 1 aromatic rings. The highest BCUT2D eigenvalue weighted by Crippen LogP contribution is 2.24. The van der Waals surface area contributed by atoms with Gasteiger partial charge in [-0.25, -0.2) is 8.42 Å². The third-order valence-electron chi connectivity index (χ3n) is 5.59. The first-order chi connectivity index (χ1) is 12.1. The third-order valence-corrected chi connectivity index (χ3v) is 7.51. The summed E-state index contributed by atoms with van der Waals surface area (Å²) in [6.07, 6.45) is 1.76. The van der Waals surface area contributed by atoms with Gasteiger partial charge in [0.1, 0.15) is 0 Å². The highest BCUT2D eigenvalue weighted by Gasteiger charge is 2.30. The number of nitrogens with one attached hydrogen (secondary N) is 1. The summed E-state index contributed by atoms with van der Waals surface area (Å²) < 4.78 is 27.0. The Balaban J connectivity index is 0.00000364. The van der Waals surface area contributed by atoms with Crippen LogP contribution in [0.15, 0.2) is 29.2 Å². The van der Waals surface area contributed by atoms with Gasteiger partial charge in [0.2, 0.25) is 10.0 Å². The molecule has 1 fully saturated rings. The number of nitrogens with two attached hydrogens (primary N) is 1. The second-order valence-corrected chi connectivity index (χ2v) is 9.78. The van der Waals surface area contributed by atoms with E-state index in [-0.39, 0.29) is 29.1 Å². The van der Waals surface area contributed by atoms with E-state index < -0.39 is 15.6 Å². The molecule has 3 N–H and O–H groups in total. The van der Waals surface area contributed by atoms with Gasteiger partial charge in [-0.15, -0.1) is 12.4 Å². The van der Waals surface area contributed by atoms with Crippen molar-refractivity contribution in [1.29, 1.82) is 0 Å². The number of carbonyl (C=O) groups is 1. The van der Waals surface area contributed by atoms with Crippen LogP contribution in [-0.2, 0) is 10.0 Å². The van der Waals surface area contributed by atoms with E-state index in [0.717, 1.165) is 12.8 Å². The second kappa shape index (κ2) is 9.37. The van der Waals surface area contributed by atoms with Crippen LogP contribution in [0.5, 0.6) is 0 Å². The van der Waals surface area contributed by atoms with Crippen molar-refractivity contribution in [3.63, 3.8) is 0 Å². The molecule has 1 atom stereocenters. The smallest absolute Gasteiger partial charge is 0.251 e. The van der Waals surface area contributed by atoms with Gasteiger partial charge in [0.25, 0.3) is 5.91 Å². The van der Waals surface area contributed by atoms with Gasteiger partial charge < -0.3 is 11.1 Å². The Bertz CT molecular complexity index is 729. The molecule has 0 bridgehead atoms. The molecule has 6 nitrogen and oxygen atoms in total. The first-order valence-electron chi connectivity index (χ1n) is 9.23. The van der Waals surface area contributed by atoms with E-state index in [0.29, 0.717) is 31.1 Å². The van der Waals surface area contributed by atoms with Crippen molar-refractivity contribution in [3.05, 3.63) is 29.8 Å². The second-order valence-electron chi connectivity index (χ2n) is 7.84. The van der Waals surface area contributed by atoms with Crippen LogP contribution in [0.1, 0.15) is 50.9 Å². The fraction of sp³-hybridized carbons (Fsp3) is 0.632. The number of carbonyl (C=O) groups excluding carboxylic acids is 1. The molecule has 0 aromatic heterocycles. The summed E-state index contributed by atoms with van der Waals surface area (Å²) >= 11 is 0. The maximum atomic E-state index is 12.7. The van der Waals surface area contributed by atoms with Crippen molar-refractivity contribution in [2.75, 3.05) is 19.6 Å². The average Bonchev–Trinajstić information content (AvgIpc) is 2.61. The molecule has 1 aliphatic heterocycles. The molecule has 0 radical (unpaired) electrons. The zero-order valence-corrected chi connectivity index (χ0v) is 18.2. The average molecular weight is 418 g/mol. The fourth-order valence-electron chi connectivity index (χ4n) is 2.92. The van der Waals surface area contributed by atoms with Gasteiger partial charge in [-0.2, -0.15) is 4.31 Å². The summed E-state index contributed by atoms with van der Waals surface area (Å²) in [4.78, 5) is 12.7. The van der Waals surface area contributed by atoms with E-state index in [2.05, 4.69) is 12.2 Å². The normalized spacial score (nSPS) is 18.6. The van der Waals surface area contributed by atoms with E-state index in [1.54, 1.807) is 12.1 Å². The zero-order valence-electron chi connectivity index (χ0n) is 16.6. The Morgan fingerprint density at radius 1 is 1.26 bits per heavy atom. The maximum absolute atomic E-state index is 12.7. The van der Waals surface area contributed by atoms with Crippen LogP contribution in [0.3, 0.4) is 0 Å². The number of rotatable bonds is 6. The highest BCUT2D eigenvalue weighted by molar-refractivity contribution is 7.89. The Labute approximate surface area is 169 Å². The maximum Gasteiger partial charge on any atom is 0.251 e. The Morgan fingerprint density at radius 2 is 1.78 bits per heavy atom. The van der Waals surface area contributed by atoms with E-state index in [1.807, 2.05) is 20.8 Å². The first kappa shape index (κ1) is 23.9. The quantitative estimate of drug-likeness (QED) is 0.744. The van der Waals surface area contributed by atoms with E-state index in [1.165, 1.54) is 16.4 Å². The van der Waals surface area contributed by atoms with Gasteiger partial charge in [0.05, 0.1) is 10.4 Å². The molecule has 0 aliphatic carbocycles. The zero-order chi connectivity index (χ0) is 19.5. The number of benzene rings is 1. The van der Waals surface area contributed by atoms with Gasteiger partial charge in [0.15, 0.2) is 0 Å². The number of nitrogens with zero attached hydrogens (tertiary/aromatic N) is 1. The summed E-state index contributed by atoms with van der Waals surface area (Å²) in [5.41, 5.74) is 5.73. The number of sulfonamides is 1. The molecule has 1 amide bonds. The summed E-state index contributed by atoms with van der Waals surface area (Å²) in [7, 11) is -3.50. The van der Waals surface area contributed by atoms with Crippen molar-refractivity contribution >= 4 is 28.3 Å². The monoisotopic (exact) mass is 417 g/mol. The molecule has 1 heterocycles. The van der Waals surface area contributed by atoms with E-state index in [9.17, 15) is 13.2 Å². The molecular formula is C19H32ClN3O3S. The summed E-state index contributed by atoms with van der Waals surface area (Å²) in [5, 5.41) is 2.96. The molecule has 154 valence electrons. The number of amides is 1. The molecule has 0 spiro atoms. The van der Waals surface area contributed by atoms with Crippen LogP contribution in [0.25, 0.3) is 0 Å². The van der Waals surface area contributed by atoms with Gasteiger partial charge in [0, 0.05) is 25.2 Å². The van der Waals surface area contributed by atoms with Crippen LogP contribution in [0, 0.1) is 11.8 Å². The lowest BCUT2D eigenvalue weighted by atomic mass is 9.88. The molecule has 1 saturated heterocycles. The van der Waals surface area contributed by atoms with Crippen LogP contribution in [-0.4, -0.2) is 43.8 Å². The number of piperidine rings is 1. The topological polar surface area (TPSA) is 92.5 Å². The minimum atomic E-state index is -3.50. The lowest BCUT2D eigenvalue weighted by Crippen LogP contribution is -2.55. The summed E-state index contributed by atoms with van der Waals surface area (Å²) in [5.74, 6) is 0.491. The van der Waals surface area contributed by atoms with Crippen molar-refractivity contribution in [1.82, 2.24) is 9.62 Å². The molecule has 27 heavy (non-hydrogen) atoms. The van der Waals surface area contributed by atoms with Gasteiger partial charge >= 0.3 is 0 Å². The van der Waals surface area contributed by atoms with Crippen molar-refractivity contribution in [2.24, 2.45) is 17.6 Å². The van der Waals surface area contributed by atoms with Gasteiger partial charge in [-0.3, -0.25) is 4.79 Å². The van der Waals surface area contributed by atoms with Gasteiger partial charge in [-0.05, 0) is 55.9 Å². The van der Waals surface area contributed by atoms with Crippen LogP contribution < -0.4 is 11.1 Å². The molecule has 1 aliphatic rings. The molecule has 2 rings (SSSR count). The lowest BCUT2D eigenvalue weighted by molar-refractivity contribution is 0.0883. The Morgan fingerprint density at radius 3 is 2.22 bits per heavy atom. The SMILES string of the molecule is CC1CCN(S(=O)(=O)c2ccc(C(=O)NC(C)(CN)C(C)C)cc2)CC1.Cl. The molecule has 1 aromatic carbocycles. The minimum absolute atomic E-state index is 0. The molecule has 1 unspecified atom stereocenters. The van der Waals surface area contributed by atoms with Crippen LogP contribution in [0.4, 0.5) is 0 Å². The largest absolute Gasteiger partial charge is 0.345 e. The van der Waals surface area contributed by atoms with Crippen molar-refractivity contribution in [2.45, 2.75) is 51.0 Å². The third kappa shape index (κ3) is 5.44. The molecular weight excluding hydrogens is 386 g/mol. The lowest BCUT2D eigenvalue weighted by Gasteiger charge is -2.33. The standard InChI is InChI=1S/C19H31N3O3S.ClH/c1-14(2)19(4,13-20)21-18(23)16-5-7-17(8-6-16)26(24,25)22-11-9-15(3)10-12-22;/h5-8,14-15H,9-13,20H2,1-4H3,(H,21,23);1H. The first-order valence-corrected chi connectivity index (χ1v) is 10.7. The number of hydrogen-bond donors (Lipinski definition) is 2. The van der Waals surface area contributed by atoms with Gasteiger partial charge in [-0.1, -0.05) is 20.8 Å². The van der Waals surface area contributed by atoms with E-state index in [4.69, 9.17) is 5.73 Å². The van der Waals surface area contributed by atoms with Crippen molar-refractivity contribution in [3.8, 4) is 0 Å². The van der Waals surface area contributed by atoms with Crippen molar-refractivity contribution < 1.29 is 13.2 Å². The molecule has 8 heteroatoms. The number of hydrogen-bond acceptors (Lipinski definition) is 4. The minimum Gasteiger partial charge on any atom is -0.345 e. The molecule has 0 saturated carbocycles. The van der Waals surface area contributed by atoms with Crippen LogP contribution in [0.2, 0.25) is 0 Å². The number of halogens is 1. The summed E-state index contributed by atoms with van der Waals surface area (Å²) in [6.45, 7) is 9.49. The Hall–Kier alpha value is -1.15. The van der Waals surface area contributed by atoms with Crippen LogP contribution >= 0.6 is 12.4 Å². The highest BCUT2D eigenvalue weighted by atomic mass is 35.5. The fourth-order valence-corrected chi connectivity index (χ4v) is 4.38. The predicted octanol–water partition coefficient (Wildman–Crippen LogP) is 2.63. The Kier molecular flexibility index (Phi) is 8.29. The predicted molar refractivity (Wildman–Crippen MR) is 111 cm³/mol. The summed E-state index contributed by atoms with van der Waals surface area (Å²) in [6, 6.07) is 6.15.